The summed E-state index contributed by atoms with van der Waals surface area (Å²) in [5.74, 6) is 0.364. The van der Waals surface area contributed by atoms with Crippen LogP contribution in [0.15, 0.2) is 91.0 Å². The largest absolute Gasteiger partial charge is 0.462 e. The number of benzene rings is 3. The third-order valence-electron chi connectivity index (χ3n) is 6.22. The second-order valence-corrected chi connectivity index (χ2v) is 9.69. The monoisotopic (exact) mass is 458 g/mol. The highest BCUT2D eigenvalue weighted by molar-refractivity contribution is 5.89. The Morgan fingerprint density at radius 3 is 2.03 bits per heavy atom. The van der Waals surface area contributed by atoms with Gasteiger partial charge in [0.25, 0.3) is 0 Å². The van der Waals surface area contributed by atoms with Crippen LogP contribution in [0, 0.1) is 5.92 Å². The number of carbonyl (C=O) groups excluding carboxylic acids is 1. The molecule has 3 nitrogen and oxygen atoms in total. The Labute approximate surface area is 205 Å². The van der Waals surface area contributed by atoms with Gasteiger partial charge in [-0.25, -0.2) is 4.79 Å². The van der Waals surface area contributed by atoms with Gasteiger partial charge in [-0.2, -0.15) is 0 Å². The lowest BCUT2D eigenvalue weighted by Crippen LogP contribution is -2.33. The first-order valence-electron chi connectivity index (χ1n) is 12.4. The minimum Gasteiger partial charge on any atom is -0.462 e. The van der Waals surface area contributed by atoms with Gasteiger partial charge in [0.1, 0.15) is 0 Å². The quantitative estimate of drug-likeness (QED) is 0.245. The van der Waals surface area contributed by atoms with Crippen LogP contribution in [0.25, 0.3) is 0 Å². The maximum Gasteiger partial charge on any atom is 0.338 e. The van der Waals surface area contributed by atoms with Gasteiger partial charge in [-0.3, -0.25) is 0 Å². The van der Waals surface area contributed by atoms with E-state index in [1.807, 2.05) is 30.3 Å². The van der Waals surface area contributed by atoms with Crippen molar-refractivity contribution in [2.75, 3.05) is 6.61 Å². The summed E-state index contributed by atoms with van der Waals surface area (Å²) in [6.07, 6.45) is 4.53. The van der Waals surface area contributed by atoms with E-state index in [4.69, 9.17) is 9.47 Å². The molecule has 0 aliphatic carbocycles. The van der Waals surface area contributed by atoms with Crippen molar-refractivity contribution in [2.45, 2.75) is 64.6 Å². The van der Waals surface area contributed by atoms with Gasteiger partial charge in [0.15, 0.2) is 0 Å². The number of ether oxygens (including phenoxy) is 2. The highest BCUT2D eigenvalue weighted by atomic mass is 16.5. The number of esters is 1. The van der Waals surface area contributed by atoms with Crippen molar-refractivity contribution in [3.05, 3.63) is 108 Å². The van der Waals surface area contributed by atoms with Crippen LogP contribution in [-0.2, 0) is 15.9 Å². The second kappa shape index (κ2) is 13.1. The molecule has 0 heterocycles. The van der Waals surface area contributed by atoms with Gasteiger partial charge in [-0.15, -0.1) is 0 Å². The van der Waals surface area contributed by atoms with Crippen molar-refractivity contribution < 1.29 is 14.3 Å². The summed E-state index contributed by atoms with van der Waals surface area (Å²) in [4.78, 5) is 12.5. The molecule has 0 saturated carbocycles. The molecule has 2 atom stereocenters. The predicted molar refractivity (Wildman–Crippen MR) is 139 cm³/mol. The van der Waals surface area contributed by atoms with Crippen molar-refractivity contribution in [1.29, 1.82) is 0 Å². The Bertz CT molecular complexity index is 969. The van der Waals surface area contributed by atoms with Crippen LogP contribution in [0.4, 0.5) is 0 Å². The fraction of sp³-hybridized carbons (Fsp3) is 0.387. The van der Waals surface area contributed by atoms with E-state index in [2.05, 4.69) is 69.3 Å². The highest BCUT2D eigenvalue weighted by Crippen LogP contribution is 2.33. The predicted octanol–water partition coefficient (Wildman–Crippen LogP) is 7.82. The Balaban J connectivity index is 1.73. The maximum atomic E-state index is 12.5. The molecule has 0 fully saturated rings. The van der Waals surface area contributed by atoms with E-state index in [-0.39, 0.29) is 12.1 Å². The molecular formula is C31H38O3. The van der Waals surface area contributed by atoms with Crippen molar-refractivity contribution in [1.82, 2.24) is 0 Å². The van der Waals surface area contributed by atoms with Gasteiger partial charge in [-0.1, -0.05) is 106 Å². The van der Waals surface area contributed by atoms with Crippen LogP contribution in [0.2, 0.25) is 0 Å². The third-order valence-corrected chi connectivity index (χ3v) is 6.22. The topological polar surface area (TPSA) is 35.5 Å². The summed E-state index contributed by atoms with van der Waals surface area (Å²) in [6, 6.07) is 30.1. The zero-order valence-electron chi connectivity index (χ0n) is 20.8. The minimum absolute atomic E-state index is 0.0718. The molecule has 3 aromatic rings. The molecule has 0 saturated heterocycles. The number of rotatable bonds is 13. The van der Waals surface area contributed by atoms with Crippen LogP contribution in [-0.4, -0.2) is 18.2 Å². The molecule has 0 aliphatic heterocycles. The van der Waals surface area contributed by atoms with Gasteiger partial charge < -0.3 is 9.47 Å². The summed E-state index contributed by atoms with van der Waals surface area (Å²) < 4.78 is 12.5. The van der Waals surface area contributed by atoms with E-state index in [9.17, 15) is 4.79 Å². The fourth-order valence-corrected chi connectivity index (χ4v) is 4.21. The van der Waals surface area contributed by atoms with E-state index in [0.717, 1.165) is 25.7 Å². The zero-order chi connectivity index (χ0) is 24.2. The molecule has 0 bridgehead atoms. The lowest BCUT2D eigenvalue weighted by molar-refractivity contribution is -0.102. The van der Waals surface area contributed by atoms with Crippen molar-refractivity contribution in [3.63, 3.8) is 0 Å². The van der Waals surface area contributed by atoms with E-state index in [1.165, 1.54) is 11.1 Å². The smallest absolute Gasteiger partial charge is 0.338 e. The first-order chi connectivity index (χ1) is 16.5. The average Bonchev–Trinajstić information content (AvgIpc) is 2.85. The summed E-state index contributed by atoms with van der Waals surface area (Å²) >= 11 is 0. The van der Waals surface area contributed by atoms with Crippen LogP contribution >= 0.6 is 0 Å². The molecule has 0 N–H and O–H groups in total. The molecule has 0 unspecified atom stereocenters. The number of hydrogen-bond donors (Lipinski definition) is 0. The standard InChI is InChI=1S/C31H38O3/c1-25(2)14-13-21-31(3,22-23-33-30(32)28-19-11-6-12-20-28)34-29(27-17-9-5-10-18-27)24-26-15-7-4-8-16-26/h4-12,15-20,25,29H,13-14,21-24H2,1-3H3/t29-,31-/m1/s1. The lowest BCUT2D eigenvalue weighted by atomic mass is 9.91. The van der Waals surface area contributed by atoms with Gasteiger partial charge in [0.05, 0.1) is 23.9 Å². The Kier molecular flexibility index (Phi) is 9.90. The molecule has 0 aromatic heterocycles. The van der Waals surface area contributed by atoms with Gasteiger partial charge in [0, 0.05) is 12.8 Å². The summed E-state index contributed by atoms with van der Waals surface area (Å²) in [5, 5.41) is 0. The van der Waals surface area contributed by atoms with E-state index >= 15 is 0 Å². The van der Waals surface area contributed by atoms with Crippen LogP contribution in [0.1, 0.15) is 74.0 Å². The Hall–Kier alpha value is -2.91. The van der Waals surface area contributed by atoms with Gasteiger partial charge in [0.2, 0.25) is 0 Å². The number of hydrogen-bond acceptors (Lipinski definition) is 3. The fourth-order valence-electron chi connectivity index (χ4n) is 4.21. The van der Waals surface area contributed by atoms with E-state index in [1.54, 1.807) is 12.1 Å². The molecule has 3 aromatic carbocycles. The number of carbonyl (C=O) groups is 1. The molecule has 0 spiro atoms. The molecule has 180 valence electrons. The zero-order valence-corrected chi connectivity index (χ0v) is 20.8. The highest BCUT2D eigenvalue weighted by Gasteiger charge is 2.30. The second-order valence-electron chi connectivity index (χ2n) is 9.69. The Morgan fingerprint density at radius 2 is 1.41 bits per heavy atom. The normalized spacial score (nSPS) is 13.9. The SMILES string of the molecule is CC(C)CCC[C@](C)(CCOC(=O)c1ccccc1)O[C@H](Cc1ccccc1)c1ccccc1. The molecule has 0 radical (unpaired) electrons. The summed E-state index contributed by atoms with van der Waals surface area (Å²) in [5.41, 5.74) is 2.59. The summed E-state index contributed by atoms with van der Waals surface area (Å²) in [6.45, 7) is 7.01. The van der Waals surface area contributed by atoms with Crippen LogP contribution in [0.5, 0.6) is 0 Å². The van der Waals surface area contributed by atoms with Crippen molar-refractivity contribution in [2.24, 2.45) is 5.92 Å². The molecule has 3 rings (SSSR count). The first-order valence-corrected chi connectivity index (χ1v) is 12.4. The lowest BCUT2D eigenvalue weighted by Gasteiger charge is -2.35. The Morgan fingerprint density at radius 1 is 0.824 bits per heavy atom. The molecule has 34 heavy (non-hydrogen) atoms. The molecule has 0 aliphatic rings. The average molecular weight is 459 g/mol. The van der Waals surface area contributed by atoms with E-state index < -0.39 is 5.60 Å². The maximum absolute atomic E-state index is 12.5. The van der Waals surface area contributed by atoms with Crippen molar-refractivity contribution in [3.8, 4) is 0 Å². The van der Waals surface area contributed by atoms with Crippen molar-refractivity contribution >= 4 is 5.97 Å². The van der Waals surface area contributed by atoms with E-state index in [0.29, 0.717) is 24.5 Å². The van der Waals surface area contributed by atoms with Crippen LogP contribution in [0.3, 0.4) is 0 Å². The summed E-state index contributed by atoms with van der Waals surface area (Å²) in [7, 11) is 0. The van der Waals surface area contributed by atoms with Gasteiger partial charge >= 0.3 is 5.97 Å². The molecular weight excluding hydrogens is 420 g/mol. The van der Waals surface area contributed by atoms with Gasteiger partial charge in [-0.05, 0) is 42.5 Å². The minimum atomic E-state index is -0.402. The first kappa shape index (κ1) is 25.7. The third kappa shape index (κ3) is 8.46. The molecule has 3 heteroatoms. The van der Waals surface area contributed by atoms with Crippen LogP contribution < -0.4 is 0 Å². The molecule has 0 amide bonds.